The zero-order chi connectivity index (χ0) is 10.8. The maximum atomic E-state index is 5.67. The Kier molecular flexibility index (Phi) is 2.91. The van der Waals surface area contributed by atoms with E-state index < -0.39 is 0 Å². The Labute approximate surface area is 91.3 Å². The number of nitrogen functional groups attached to an aromatic ring is 1. The molecule has 1 aromatic rings. The Balaban J connectivity index is 2.28. The molecule has 2 heterocycles. The lowest BCUT2D eigenvalue weighted by Crippen LogP contribution is -2.23. The van der Waals surface area contributed by atoms with E-state index in [1.54, 1.807) is 0 Å². The molecule has 1 atom stereocenters. The molecule has 1 aromatic heterocycles. The molecule has 0 aliphatic carbocycles. The normalized spacial score (nSPS) is 22.1. The third kappa shape index (κ3) is 1.97. The van der Waals surface area contributed by atoms with Gasteiger partial charge in [0.1, 0.15) is 5.82 Å². The number of hydrogen-bond donors (Lipinski definition) is 1. The molecule has 1 saturated heterocycles. The Morgan fingerprint density at radius 3 is 3.00 bits per heavy atom. The fourth-order valence-electron chi connectivity index (χ4n) is 2.50. The monoisotopic (exact) mass is 205 g/mol. The highest BCUT2D eigenvalue weighted by Crippen LogP contribution is 2.32. The van der Waals surface area contributed by atoms with Gasteiger partial charge in [-0.1, -0.05) is 13.0 Å². The van der Waals surface area contributed by atoms with Crippen molar-refractivity contribution in [3.05, 3.63) is 23.4 Å². The summed E-state index contributed by atoms with van der Waals surface area (Å²) in [6.45, 7) is 6.61. The smallest absolute Gasteiger partial charge is 0.123 e. The van der Waals surface area contributed by atoms with Crippen LogP contribution in [0.4, 0.5) is 5.82 Å². The van der Waals surface area contributed by atoms with Gasteiger partial charge in [-0.25, -0.2) is 4.98 Å². The minimum absolute atomic E-state index is 0.558. The number of aromatic nitrogens is 1. The number of rotatable bonds is 2. The predicted octanol–water partition coefficient (Wildman–Crippen LogP) is 2.13. The van der Waals surface area contributed by atoms with Crippen molar-refractivity contribution in [1.82, 2.24) is 9.88 Å². The maximum Gasteiger partial charge on any atom is 0.123 e. The van der Waals surface area contributed by atoms with Gasteiger partial charge >= 0.3 is 0 Å². The standard InChI is InChI=1S/C12H19N3/c1-3-15-8-4-5-11(15)10-6-7-12(13)14-9(10)2/h6-7,11H,3-5,8H2,1-2H3,(H2,13,14)/t11-/m1/s1. The highest BCUT2D eigenvalue weighted by molar-refractivity contribution is 5.35. The largest absolute Gasteiger partial charge is 0.384 e. The van der Waals surface area contributed by atoms with E-state index in [2.05, 4.69) is 29.8 Å². The summed E-state index contributed by atoms with van der Waals surface area (Å²) in [6.07, 6.45) is 2.54. The lowest BCUT2D eigenvalue weighted by molar-refractivity contribution is 0.270. The third-order valence-electron chi connectivity index (χ3n) is 3.28. The molecule has 0 unspecified atom stereocenters. The molecule has 1 aliphatic rings. The molecule has 3 heteroatoms. The van der Waals surface area contributed by atoms with Gasteiger partial charge in [-0.3, -0.25) is 4.90 Å². The van der Waals surface area contributed by atoms with Crippen molar-refractivity contribution in [2.75, 3.05) is 18.8 Å². The molecule has 0 saturated carbocycles. The van der Waals surface area contributed by atoms with Gasteiger partial charge in [0.25, 0.3) is 0 Å². The molecule has 2 rings (SSSR count). The van der Waals surface area contributed by atoms with E-state index in [-0.39, 0.29) is 0 Å². The van der Waals surface area contributed by atoms with E-state index >= 15 is 0 Å². The highest BCUT2D eigenvalue weighted by atomic mass is 15.2. The summed E-state index contributed by atoms with van der Waals surface area (Å²) in [7, 11) is 0. The molecule has 0 amide bonds. The van der Waals surface area contributed by atoms with Crippen molar-refractivity contribution >= 4 is 5.82 Å². The van der Waals surface area contributed by atoms with Crippen LogP contribution in [0.1, 0.15) is 37.1 Å². The average molecular weight is 205 g/mol. The number of aryl methyl sites for hydroxylation is 1. The molecule has 0 radical (unpaired) electrons. The zero-order valence-corrected chi connectivity index (χ0v) is 9.53. The highest BCUT2D eigenvalue weighted by Gasteiger charge is 2.25. The molecule has 0 bridgehead atoms. The molecule has 2 N–H and O–H groups in total. The van der Waals surface area contributed by atoms with Gasteiger partial charge in [0.05, 0.1) is 0 Å². The zero-order valence-electron chi connectivity index (χ0n) is 9.53. The molecule has 3 nitrogen and oxygen atoms in total. The molecule has 0 spiro atoms. The van der Waals surface area contributed by atoms with Gasteiger partial charge in [0, 0.05) is 11.7 Å². The minimum atomic E-state index is 0.558. The van der Waals surface area contributed by atoms with Crippen LogP contribution in [0.2, 0.25) is 0 Å². The lowest BCUT2D eigenvalue weighted by Gasteiger charge is -2.24. The SMILES string of the molecule is CCN1CCC[C@@H]1c1ccc(N)nc1C. The van der Waals surface area contributed by atoms with Crippen molar-refractivity contribution in [3.8, 4) is 0 Å². The van der Waals surface area contributed by atoms with Crippen molar-refractivity contribution in [3.63, 3.8) is 0 Å². The van der Waals surface area contributed by atoms with Crippen molar-refractivity contribution < 1.29 is 0 Å². The van der Waals surface area contributed by atoms with Gasteiger partial charge in [-0.2, -0.15) is 0 Å². The van der Waals surface area contributed by atoms with E-state index in [4.69, 9.17) is 5.73 Å². The van der Waals surface area contributed by atoms with Crippen LogP contribution in [0.15, 0.2) is 12.1 Å². The second-order valence-corrected chi connectivity index (χ2v) is 4.20. The molecule has 1 aliphatic heterocycles. The molecule has 15 heavy (non-hydrogen) atoms. The van der Waals surface area contributed by atoms with Crippen LogP contribution < -0.4 is 5.73 Å². The van der Waals surface area contributed by atoms with Crippen LogP contribution in [0.3, 0.4) is 0 Å². The van der Waals surface area contributed by atoms with Crippen LogP contribution >= 0.6 is 0 Å². The minimum Gasteiger partial charge on any atom is -0.384 e. The lowest BCUT2D eigenvalue weighted by atomic mass is 10.0. The number of nitrogens with zero attached hydrogens (tertiary/aromatic N) is 2. The quantitative estimate of drug-likeness (QED) is 0.804. The second kappa shape index (κ2) is 4.19. The van der Waals surface area contributed by atoms with Crippen LogP contribution in [-0.4, -0.2) is 23.0 Å². The van der Waals surface area contributed by atoms with Crippen molar-refractivity contribution in [2.24, 2.45) is 0 Å². The average Bonchev–Trinajstić information content (AvgIpc) is 2.65. The Morgan fingerprint density at radius 2 is 2.33 bits per heavy atom. The maximum absolute atomic E-state index is 5.67. The number of nitrogens with two attached hydrogens (primary N) is 1. The molecule has 82 valence electrons. The van der Waals surface area contributed by atoms with Gasteiger partial charge < -0.3 is 5.73 Å². The molecular weight excluding hydrogens is 186 g/mol. The first-order valence-electron chi connectivity index (χ1n) is 5.69. The fraction of sp³-hybridized carbons (Fsp3) is 0.583. The van der Waals surface area contributed by atoms with Crippen molar-refractivity contribution in [1.29, 1.82) is 0 Å². The van der Waals surface area contributed by atoms with Gasteiger partial charge in [-0.15, -0.1) is 0 Å². The van der Waals surface area contributed by atoms with Crippen LogP contribution in [0.5, 0.6) is 0 Å². The molecular formula is C12H19N3. The first-order valence-corrected chi connectivity index (χ1v) is 5.69. The Bertz CT molecular complexity index is 349. The van der Waals surface area contributed by atoms with E-state index in [1.807, 2.05) is 6.07 Å². The Morgan fingerprint density at radius 1 is 1.53 bits per heavy atom. The predicted molar refractivity (Wildman–Crippen MR) is 62.6 cm³/mol. The van der Waals surface area contributed by atoms with Crippen LogP contribution in [0.25, 0.3) is 0 Å². The first-order chi connectivity index (χ1) is 7.22. The van der Waals surface area contributed by atoms with Crippen LogP contribution in [-0.2, 0) is 0 Å². The Hall–Kier alpha value is -1.09. The van der Waals surface area contributed by atoms with Gasteiger partial charge in [0.2, 0.25) is 0 Å². The summed E-state index contributed by atoms with van der Waals surface area (Å²) < 4.78 is 0. The third-order valence-corrected chi connectivity index (χ3v) is 3.28. The summed E-state index contributed by atoms with van der Waals surface area (Å²) in [4.78, 5) is 6.85. The fourth-order valence-corrected chi connectivity index (χ4v) is 2.50. The number of likely N-dealkylation sites (tertiary alicyclic amines) is 1. The van der Waals surface area contributed by atoms with E-state index in [1.165, 1.54) is 24.9 Å². The van der Waals surface area contributed by atoms with E-state index in [0.29, 0.717) is 11.9 Å². The topological polar surface area (TPSA) is 42.1 Å². The summed E-state index contributed by atoms with van der Waals surface area (Å²) in [5.74, 6) is 0.622. The number of anilines is 1. The second-order valence-electron chi connectivity index (χ2n) is 4.20. The van der Waals surface area contributed by atoms with Crippen LogP contribution in [0, 0.1) is 6.92 Å². The van der Waals surface area contributed by atoms with E-state index in [9.17, 15) is 0 Å². The van der Waals surface area contributed by atoms with Gasteiger partial charge in [-0.05, 0) is 44.5 Å². The summed E-state index contributed by atoms with van der Waals surface area (Å²) in [6, 6.07) is 4.60. The molecule has 0 aromatic carbocycles. The number of pyridine rings is 1. The first kappa shape index (κ1) is 10.4. The summed E-state index contributed by atoms with van der Waals surface area (Å²) in [5, 5.41) is 0. The van der Waals surface area contributed by atoms with E-state index in [0.717, 1.165) is 12.2 Å². The number of hydrogen-bond acceptors (Lipinski definition) is 3. The van der Waals surface area contributed by atoms with Crippen molar-refractivity contribution in [2.45, 2.75) is 32.7 Å². The summed E-state index contributed by atoms with van der Waals surface area (Å²) >= 11 is 0. The summed E-state index contributed by atoms with van der Waals surface area (Å²) in [5.41, 5.74) is 8.10. The van der Waals surface area contributed by atoms with Gasteiger partial charge in [0.15, 0.2) is 0 Å². The molecule has 1 fully saturated rings.